The number of nitrogens with zero attached hydrogens (tertiary/aromatic N) is 2. The first-order valence-electron chi connectivity index (χ1n) is 10.1. The van der Waals surface area contributed by atoms with E-state index in [1.165, 1.54) is 12.1 Å². The number of carbonyl (C=O) groups is 1. The number of amides is 1. The summed E-state index contributed by atoms with van der Waals surface area (Å²) in [5, 5.41) is 30.3. The molecule has 168 valence electrons. The lowest BCUT2D eigenvalue weighted by Crippen LogP contribution is -2.26. The van der Waals surface area contributed by atoms with E-state index in [0.717, 1.165) is 5.56 Å². The van der Waals surface area contributed by atoms with Gasteiger partial charge in [-0.25, -0.2) is 13.6 Å². The van der Waals surface area contributed by atoms with Crippen molar-refractivity contribution in [3.63, 3.8) is 0 Å². The fourth-order valence-electron chi connectivity index (χ4n) is 3.75. The topological polar surface area (TPSA) is 149 Å². The molecule has 1 amide bonds. The molecule has 0 spiro atoms. The summed E-state index contributed by atoms with van der Waals surface area (Å²) in [4.78, 5) is 12.7. The highest BCUT2D eigenvalue weighted by Gasteiger charge is 2.29. The third-order valence-electron chi connectivity index (χ3n) is 5.43. The van der Waals surface area contributed by atoms with Crippen LogP contribution in [0.2, 0.25) is 0 Å². The van der Waals surface area contributed by atoms with Crippen LogP contribution in [0.1, 0.15) is 41.3 Å². The van der Waals surface area contributed by atoms with Crippen LogP contribution in [0.4, 0.5) is 0 Å². The first-order valence-corrected chi connectivity index (χ1v) is 11.7. The second-order valence-electron chi connectivity index (χ2n) is 7.68. The van der Waals surface area contributed by atoms with Crippen LogP contribution in [-0.2, 0) is 16.4 Å². The van der Waals surface area contributed by atoms with E-state index in [1.54, 1.807) is 50.2 Å². The summed E-state index contributed by atoms with van der Waals surface area (Å²) in [7, 11) is -3.74. The number of carbonyl (C=O) groups excluding carboxylic acids is 1. The highest BCUT2D eigenvalue weighted by Crippen LogP contribution is 2.37. The van der Waals surface area contributed by atoms with Gasteiger partial charge in [-0.2, -0.15) is 10.5 Å². The van der Waals surface area contributed by atoms with Gasteiger partial charge in [0.15, 0.2) is 0 Å². The monoisotopic (exact) mass is 461 g/mol. The highest BCUT2D eigenvalue weighted by atomic mass is 32.2. The Morgan fingerprint density at radius 1 is 1.06 bits per heavy atom. The Balaban J connectivity index is 1.74. The summed E-state index contributed by atoms with van der Waals surface area (Å²) < 4.78 is 22.7. The molecule has 2 aromatic carbocycles. The fraction of sp³-hybridized carbons (Fsp3) is 0.208. The van der Waals surface area contributed by atoms with Crippen molar-refractivity contribution >= 4 is 15.9 Å². The van der Waals surface area contributed by atoms with E-state index in [2.05, 4.69) is 22.8 Å². The SMILES string of the molecule is CC1=C(C#N)C(c2cccc(C(=O)NCCc3ccc(S(N)(=O)=O)cc3)c2)C(C#N)=C(C)N1. The number of nitrogens with one attached hydrogen (secondary N) is 2. The molecule has 4 N–H and O–H groups in total. The van der Waals surface area contributed by atoms with Crippen molar-refractivity contribution in [2.24, 2.45) is 5.14 Å². The van der Waals surface area contributed by atoms with Crippen LogP contribution < -0.4 is 15.8 Å². The Kier molecular flexibility index (Phi) is 6.98. The Hall–Kier alpha value is -3.92. The molecule has 1 aliphatic heterocycles. The number of nitrogens with two attached hydrogens (primary N) is 1. The van der Waals surface area contributed by atoms with Gasteiger partial charge in [0.25, 0.3) is 5.91 Å². The van der Waals surface area contributed by atoms with Crippen molar-refractivity contribution in [2.75, 3.05) is 6.54 Å². The molecule has 0 bridgehead atoms. The standard InChI is InChI=1S/C24H23N5O3S/c1-15-21(13-25)23(22(14-26)16(2)29-15)18-4-3-5-19(12-18)24(30)28-11-10-17-6-8-20(9-7-17)33(27,31)32/h3-9,12,23,29H,10-11H2,1-2H3,(H,28,30)(H2,27,31,32). The summed E-state index contributed by atoms with van der Waals surface area (Å²) in [5.74, 6) is -0.823. The molecule has 9 heteroatoms. The van der Waals surface area contributed by atoms with Gasteiger partial charge in [0.2, 0.25) is 10.0 Å². The molecule has 0 unspecified atom stereocenters. The lowest BCUT2D eigenvalue weighted by Gasteiger charge is -2.26. The Morgan fingerprint density at radius 2 is 1.67 bits per heavy atom. The minimum Gasteiger partial charge on any atom is -0.361 e. The molecule has 0 atom stereocenters. The fourth-order valence-corrected chi connectivity index (χ4v) is 4.27. The first-order chi connectivity index (χ1) is 15.7. The molecule has 2 aromatic rings. The van der Waals surface area contributed by atoms with Crippen molar-refractivity contribution in [1.29, 1.82) is 10.5 Å². The molecule has 1 aliphatic rings. The Labute approximate surface area is 193 Å². The Morgan fingerprint density at radius 3 is 2.21 bits per heavy atom. The van der Waals surface area contributed by atoms with Gasteiger partial charge >= 0.3 is 0 Å². The average Bonchev–Trinajstić information content (AvgIpc) is 2.78. The number of dihydropyridines is 1. The van der Waals surface area contributed by atoms with Crippen molar-refractivity contribution in [3.8, 4) is 12.1 Å². The maximum absolute atomic E-state index is 12.7. The van der Waals surface area contributed by atoms with Gasteiger partial charge < -0.3 is 10.6 Å². The van der Waals surface area contributed by atoms with E-state index < -0.39 is 15.9 Å². The number of sulfonamides is 1. The van der Waals surface area contributed by atoms with Gasteiger partial charge in [-0.05, 0) is 55.7 Å². The van der Waals surface area contributed by atoms with E-state index in [-0.39, 0.29) is 10.8 Å². The van der Waals surface area contributed by atoms with Crippen molar-refractivity contribution in [3.05, 3.63) is 87.8 Å². The van der Waals surface area contributed by atoms with E-state index in [9.17, 15) is 23.7 Å². The number of hydrogen-bond acceptors (Lipinski definition) is 6. The van der Waals surface area contributed by atoms with Gasteiger partial charge in [-0.15, -0.1) is 0 Å². The summed E-state index contributed by atoms with van der Waals surface area (Å²) in [6.07, 6.45) is 0.506. The maximum Gasteiger partial charge on any atom is 0.251 e. The summed E-state index contributed by atoms with van der Waals surface area (Å²) in [5.41, 5.74) is 4.21. The van der Waals surface area contributed by atoms with Gasteiger partial charge in [0, 0.05) is 23.5 Å². The molecule has 1 heterocycles. The maximum atomic E-state index is 12.7. The van der Waals surface area contributed by atoms with E-state index in [4.69, 9.17) is 5.14 Å². The number of allylic oxidation sites excluding steroid dienone is 4. The molecular formula is C24H23N5O3S. The zero-order chi connectivity index (χ0) is 24.2. The molecule has 33 heavy (non-hydrogen) atoms. The second kappa shape index (κ2) is 9.70. The normalized spacial score (nSPS) is 14.3. The number of primary sulfonamides is 1. The van der Waals surface area contributed by atoms with E-state index in [0.29, 0.717) is 46.6 Å². The molecule has 8 nitrogen and oxygen atoms in total. The largest absolute Gasteiger partial charge is 0.361 e. The van der Waals surface area contributed by atoms with E-state index >= 15 is 0 Å². The van der Waals surface area contributed by atoms with Gasteiger partial charge in [-0.1, -0.05) is 24.3 Å². The van der Waals surface area contributed by atoms with Crippen LogP contribution in [0.25, 0.3) is 0 Å². The van der Waals surface area contributed by atoms with Crippen molar-refractivity contribution < 1.29 is 13.2 Å². The van der Waals surface area contributed by atoms with Crippen LogP contribution in [-0.4, -0.2) is 20.9 Å². The third kappa shape index (κ3) is 5.29. The smallest absolute Gasteiger partial charge is 0.251 e. The van der Waals surface area contributed by atoms with Crippen molar-refractivity contribution in [2.45, 2.75) is 31.1 Å². The first kappa shape index (κ1) is 23.7. The number of hydrogen-bond donors (Lipinski definition) is 3. The predicted octanol–water partition coefficient (Wildman–Crippen LogP) is 2.59. The zero-order valence-electron chi connectivity index (χ0n) is 18.2. The lowest BCUT2D eigenvalue weighted by molar-refractivity contribution is 0.0954. The van der Waals surface area contributed by atoms with Crippen LogP contribution in [0.15, 0.2) is 76.0 Å². The van der Waals surface area contributed by atoms with Gasteiger partial charge in [0.1, 0.15) is 0 Å². The minimum absolute atomic E-state index is 0.0343. The highest BCUT2D eigenvalue weighted by molar-refractivity contribution is 7.89. The number of nitriles is 2. The molecule has 0 radical (unpaired) electrons. The van der Waals surface area contributed by atoms with Crippen LogP contribution in [0.5, 0.6) is 0 Å². The van der Waals surface area contributed by atoms with E-state index in [1.807, 2.05) is 0 Å². The predicted molar refractivity (Wildman–Crippen MR) is 123 cm³/mol. The molecule has 0 aliphatic carbocycles. The van der Waals surface area contributed by atoms with Crippen LogP contribution >= 0.6 is 0 Å². The van der Waals surface area contributed by atoms with Gasteiger partial charge in [0.05, 0.1) is 34.1 Å². The number of benzene rings is 2. The van der Waals surface area contributed by atoms with Crippen molar-refractivity contribution in [1.82, 2.24) is 10.6 Å². The quantitative estimate of drug-likeness (QED) is 0.602. The molecule has 3 rings (SSSR count). The Bertz CT molecular complexity index is 1310. The second-order valence-corrected chi connectivity index (χ2v) is 9.24. The third-order valence-corrected chi connectivity index (χ3v) is 6.36. The summed E-state index contributed by atoms with van der Waals surface area (Å²) >= 11 is 0. The molecule has 0 fully saturated rings. The molecule has 0 saturated heterocycles. The zero-order valence-corrected chi connectivity index (χ0v) is 19.0. The van der Waals surface area contributed by atoms with Gasteiger partial charge in [-0.3, -0.25) is 4.79 Å². The van der Waals surface area contributed by atoms with Crippen LogP contribution in [0, 0.1) is 22.7 Å². The molecular weight excluding hydrogens is 438 g/mol. The lowest BCUT2D eigenvalue weighted by atomic mass is 9.81. The summed E-state index contributed by atoms with van der Waals surface area (Å²) in [6.45, 7) is 3.92. The summed E-state index contributed by atoms with van der Waals surface area (Å²) in [6, 6.07) is 17.4. The number of rotatable bonds is 6. The average molecular weight is 462 g/mol. The van der Waals surface area contributed by atoms with Crippen LogP contribution in [0.3, 0.4) is 0 Å². The molecule has 0 saturated carbocycles. The molecule has 0 aromatic heterocycles. The minimum atomic E-state index is -3.74.